The Morgan fingerprint density at radius 2 is 2.04 bits per heavy atom. The van der Waals surface area contributed by atoms with E-state index in [9.17, 15) is 18.4 Å². The highest BCUT2D eigenvalue weighted by Crippen LogP contribution is 2.25. The van der Waals surface area contributed by atoms with E-state index >= 15 is 0 Å². The summed E-state index contributed by atoms with van der Waals surface area (Å²) in [6, 6.07) is 10.4. The van der Waals surface area contributed by atoms with Gasteiger partial charge >= 0.3 is 12.4 Å². The maximum atomic E-state index is 12.5. The molecule has 0 radical (unpaired) electrons. The van der Waals surface area contributed by atoms with E-state index in [1.54, 1.807) is 43.3 Å². The first-order chi connectivity index (χ1) is 12.9. The van der Waals surface area contributed by atoms with Crippen molar-refractivity contribution >= 4 is 32.9 Å². The Balaban J connectivity index is 1.79. The number of carbonyl (C=O) groups is 1. The Kier molecular flexibility index (Phi) is 5.59. The molecule has 1 unspecified atom stereocenters. The second kappa shape index (κ2) is 7.91. The molecule has 0 aliphatic carbocycles. The molecule has 142 valence electrons. The van der Waals surface area contributed by atoms with Crippen molar-refractivity contribution in [2.45, 2.75) is 26.1 Å². The number of para-hydroxylation sites is 2. The molecule has 27 heavy (non-hydrogen) atoms. The molecule has 0 aliphatic heterocycles. The molecule has 0 aliphatic rings. The number of oxazole rings is 1. The number of nitrogens with zero attached hydrogens (tertiary/aromatic N) is 1. The number of halogens is 3. The maximum Gasteiger partial charge on any atom is 0.420 e. The molecule has 0 fully saturated rings. The van der Waals surface area contributed by atoms with Crippen LogP contribution >= 0.6 is 15.9 Å². The zero-order chi connectivity index (χ0) is 19.6. The molecule has 1 aromatic heterocycles. The van der Waals surface area contributed by atoms with E-state index in [0.29, 0.717) is 21.1 Å². The highest BCUT2D eigenvalue weighted by Gasteiger charge is 2.21. The molecule has 0 saturated heterocycles. The average Bonchev–Trinajstić information content (AvgIpc) is 2.96. The van der Waals surface area contributed by atoms with Gasteiger partial charge in [0.15, 0.2) is 5.58 Å². The third kappa shape index (κ3) is 4.19. The summed E-state index contributed by atoms with van der Waals surface area (Å²) in [4.78, 5) is 24.6. The van der Waals surface area contributed by atoms with Crippen molar-refractivity contribution in [2.75, 3.05) is 0 Å². The maximum absolute atomic E-state index is 12.5. The van der Waals surface area contributed by atoms with Crippen molar-refractivity contribution in [3.63, 3.8) is 0 Å². The van der Waals surface area contributed by atoms with Gasteiger partial charge in [-0.1, -0.05) is 28.1 Å². The van der Waals surface area contributed by atoms with Gasteiger partial charge in [-0.2, -0.15) is 8.78 Å². The van der Waals surface area contributed by atoms with Crippen molar-refractivity contribution in [3.8, 4) is 5.75 Å². The van der Waals surface area contributed by atoms with Crippen LogP contribution in [0.5, 0.6) is 5.75 Å². The number of aromatic nitrogens is 1. The lowest BCUT2D eigenvalue weighted by Gasteiger charge is -2.15. The number of ether oxygens (including phenoxy) is 1. The van der Waals surface area contributed by atoms with Crippen LogP contribution in [-0.2, 0) is 11.3 Å². The molecule has 3 aromatic rings. The first-order valence-corrected chi connectivity index (χ1v) is 8.77. The minimum atomic E-state index is -2.98. The predicted molar refractivity (Wildman–Crippen MR) is 97.8 cm³/mol. The van der Waals surface area contributed by atoms with E-state index in [1.807, 2.05) is 0 Å². The molecule has 1 heterocycles. The molecular formula is C18H15BrF2N2O4. The lowest BCUT2D eigenvalue weighted by atomic mass is 10.2. The summed E-state index contributed by atoms with van der Waals surface area (Å²) >= 11 is 3.25. The number of carbonyl (C=O) groups excluding carboxylic acids is 1. The van der Waals surface area contributed by atoms with Crippen LogP contribution in [0.15, 0.2) is 56.1 Å². The summed E-state index contributed by atoms with van der Waals surface area (Å²) in [6.45, 7) is -1.47. The van der Waals surface area contributed by atoms with Crippen molar-refractivity contribution in [3.05, 3.63) is 63.1 Å². The molecule has 1 N–H and O–H groups in total. The summed E-state index contributed by atoms with van der Waals surface area (Å²) in [5, 5.41) is 2.63. The van der Waals surface area contributed by atoms with Crippen LogP contribution < -0.4 is 15.8 Å². The van der Waals surface area contributed by atoms with Crippen LogP contribution in [0.1, 0.15) is 18.5 Å². The van der Waals surface area contributed by atoms with Gasteiger partial charge in [-0.15, -0.1) is 0 Å². The minimum absolute atomic E-state index is 0.0351. The van der Waals surface area contributed by atoms with Crippen LogP contribution in [-0.4, -0.2) is 17.1 Å². The van der Waals surface area contributed by atoms with Gasteiger partial charge in [0.25, 0.3) is 0 Å². The zero-order valence-corrected chi connectivity index (χ0v) is 15.7. The topological polar surface area (TPSA) is 73.5 Å². The number of fused-ring (bicyclic) bond motifs is 1. The van der Waals surface area contributed by atoms with Gasteiger partial charge < -0.3 is 14.5 Å². The number of nitrogens with one attached hydrogen (secondary N) is 1. The fourth-order valence-electron chi connectivity index (χ4n) is 2.70. The Labute approximate surface area is 160 Å². The normalized spacial score (nSPS) is 12.3. The Morgan fingerprint density at radius 1 is 1.30 bits per heavy atom. The van der Waals surface area contributed by atoms with Crippen LogP contribution in [0.25, 0.3) is 11.1 Å². The molecular weight excluding hydrogens is 426 g/mol. The van der Waals surface area contributed by atoms with Gasteiger partial charge in [0, 0.05) is 16.6 Å². The summed E-state index contributed by atoms with van der Waals surface area (Å²) in [5.41, 5.74) is 1.24. The summed E-state index contributed by atoms with van der Waals surface area (Å²) in [7, 11) is 0. The number of rotatable bonds is 6. The molecule has 0 spiro atoms. The molecule has 1 atom stereocenters. The number of benzene rings is 2. The fourth-order valence-corrected chi connectivity index (χ4v) is 3.10. The predicted octanol–water partition coefficient (Wildman–Crippen LogP) is 3.84. The monoisotopic (exact) mass is 440 g/mol. The van der Waals surface area contributed by atoms with Gasteiger partial charge in [0.1, 0.15) is 11.8 Å². The van der Waals surface area contributed by atoms with Crippen LogP contribution in [0.4, 0.5) is 8.78 Å². The van der Waals surface area contributed by atoms with E-state index in [2.05, 4.69) is 26.0 Å². The Hall–Kier alpha value is -2.68. The minimum Gasteiger partial charge on any atom is -0.434 e. The number of hydrogen-bond donors (Lipinski definition) is 1. The lowest BCUT2D eigenvalue weighted by molar-refractivity contribution is -0.124. The van der Waals surface area contributed by atoms with Gasteiger partial charge in [-0.3, -0.25) is 9.36 Å². The highest BCUT2D eigenvalue weighted by molar-refractivity contribution is 9.10. The van der Waals surface area contributed by atoms with Gasteiger partial charge in [0.05, 0.1) is 5.52 Å². The first-order valence-electron chi connectivity index (χ1n) is 7.98. The molecule has 3 rings (SSSR count). The van der Waals surface area contributed by atoms with E-state index < -0.39 is 24.3 Å². The summed E-state index contributed by atoms with van der Waals surface area (Å²) < 4.78 is 36.6. The number of alkyl halides is 2. The van der Waals surface area contributed by atoms with Crippen molar-refractivity contribution in [2.24, 2.45) is 0 Å². The Morgan fingerprint density at radius 3 is 2.78 bits per heavy atom. The summed E-state index contributed by atoms with van der Waals surface area (Å²) in [6.07, 6.45) is 0. The quantitative estimate of drug-likeness (QED) is 0.631. The second-order valence-corrected chi connectivity index (χ2v) is 6.65. The van der Waals surface area contributed by atoms with E-state index in [4.69, 9.17) is 4.42 Å². The lowest BCUT2D eigenvalue weighted by Crippen LogP contribution is -2.34. The van der Waals surface area contributed by atoms with Crippen LogP contribution in [0.2, 0.25) is 0 Å². The number of amides is 1. The van der Waals surface area contributed by atoms with Gasteiger partial charge in [-0.05, 0) is 37.3 Å². The first kappa shape index (κ1) is 19.1. The zero-order valence-electron chi connectivity index (χ0n) is 14.1. The van der Waals surface area contributed by atoms with Crippen molar-refractivity contribution in [1.29, 1.82) is 0 Å². The van der Waals surface area contributed by atoms with Crippen LogP contribution in [0.3, 0.4) is 0 Å². The third-order valence-corrected chi connectivity index (χ3v) is 4.47. The number of hydrogen-bond acceptors (Lipinski definition) is 4. The smallest absolute Gasteiger partial charge is 0.420 e. The third-order valence-electron chi connectivity index (χ3n) is 3.98. The van der Waals surface area contributed by atoms with Crippen molar-refractivity contribution in [1.82, 2.24) is 9.88 Å². The SMILES string of the molecule is CC(C(=O)NCc1cc(Br)ccc1OC(F)F)n1c(=O)oc2ccccc21. The molecule has 1 amide bonds. The summed E-state index contributed by atoms with van der Waals surface area (Å²) in [5.74, 6) is -1.15. The molecule has 0 saturated carbocycles. The fraction of sp³-hybridized carbons (Fsp3) is 0.222. The van der Waals surface area contributed by atoms with Crippen LogP contribution in [0, 0.1) is 0 Å². The van der Waals surface area contributed by atoms with Gasteiger partial charge in [0.2, 0.25) is 5.91 Å². The molecule has 9 heteroatoms. The largest absolute Gasteiger partial charge is 0.434 e. The standard InChI is InChI=1S/C18H15BrF2N2O4/c1-10(23-13-4-2-3-5-15(13)27-18(23)25)16(24)22-9-11-8-12(19)6-7-14(11)26-17(20)21/h2-8,10,17H,9H2,1H3,(H,22,24). The Bertz CT molecular complexity index is 1030. The highest BCUT2D eigenvalue weighted by atomic mass is 79.9. The molecule has 0 bridgehead atoms. The molecule has 2 aromatic carbocycles. The van der Waals surface area contributed by atoms with E-state index in [1.165, 1.54) is 10.6 Å². The second-order valence-electron chi connectivity index (χ2n) is 5.73. The van der Waals surface area contributed by atoms with E-state index in [0.717, 1.165) is 0 Å². The van der Waals surface area contributed by atoms with E-state index in [-0.39, 0.29) is 12.3 Å². The van der Waals surface area contributed by atoms with Gasteiger partial charge in [-0.25, -0.2) is 4.79 Å². The van der Waals surface area contributed by atoms with Crippen molar-refractivity contribution < 1.29 is 22.7 Å². The average molecular weight is 441 g/mol. The molecule has 6 nitrogen and oxygen atoms in total.